The van der Waals surface area contributed by atoms with E-state index in [1.165, 1.54) is 25.5 Å². The number of carbonyl (C=O) groups is 1. The third kappa shape index (κ3) is 4.54. The predicted molar refractivity (Wildman–Crippen MR) is 85.4 cm³/mol. The molecule has 0 radical (unpaired) electrons. The summed E-state index contributed by atoms with van der Waals surface area (Å²) in [5.41, 5.74) is 3.80. The minimum Gasteiger partial charge on any atom is -0.493 e. The largest absolute Gasteiger partial charge is 0.493 e. The molecule has 2 aromatic rings. The summed E-state index contributed by atoms with van der Waals surface area (Å²) in [7, 11) is 3.07. The monoisotopic (exact) mass is 316 g/mol. The van der Waals surface area contributed by atoms with Crippen molar-refractivity contribution >= 4 is 12.1 Å². The highest BCUT2D eigenvalue weighted by atomic mass is 19.1. The van der Waals surface area contributed by atoms with Crippen molar-refractivity contribution in [2.75, 3.05) is 14.2 Å². The van der Waals surface area contributed by atoms with Crippen molar-refractivity contribution in [1.82, 2.24) is 5.43 Å². The first-order valence-electron chi connectivity index (χ1n) is 6.91. The minimum absolute atomic E-state index is 0.118. The summed E-state index contributed by atoms with van der Waals surface area (Å²) in [4.78, 5) is 11.8. The SMILES string of the molecule is COc1cccc(/C=N\NC(=O)Cc2ccc(F)cc2)c1OC. The van der Waals surface area contributed by atoms with Crippen molar-refractivity contribution in [2.24, 2.45) is 5.10 Å². The second-order valence-corrected chi connectivity index (χ2v) is 4.68. The Hall–Kier alpha value is -2.89. The van der Waals surface area contributed by atoms with Crippen LogP contribution in [0.5, 0.6) is 11.5 Å². The minimum atomic E-state index is -0.336. The van der Waals surface area contributed by atoms with Crippen molar-refractivity contribution in [1.29, 1.82) is 0 Å². The van der Waals surface area contributed by atoms with Crippen LogP contribution in [0.2, 0.25) is 0 Å². The second kappa shape index (κ2) is 7.93. The van der Waals surface area contributed by atoms with E-state index in [0.717, 1.165) is 0 Å². The van der Waals surface area contributed by atoms with Crippen molar-refractivity contribution in [3.63, 3.8) is 0 Å². The van der Waals surface area contributed by atoms with E-state index in [9.17, 15) is 9.18 Å². The quantitative estimate of drug-likeness (QED) is 0.658. The van der Waals surface area contributed by atoms with Crippen LogP contribution in [-0.2, 0) is 11.2 Å². The Morgan fingerprint density at radius 1 is 1.17 bits per heavy atom. The lowest BCUT2D eigenvalue weighted by atomic mass is 10.1. The zero-order chi connectivity index (χ0) is 16.7. The Morgan fingerprint density at radius 3 is 2.57 bits per heavy atom. The van der Waals surface area contributed by atoms with Gasteiger partial charge in [-0.1, -0.05) is 18.2 Å². The van der Waals surface area contributed by atoms with Crippen LogP contribution in [0.25, 0.3) is 0 Å². The maximum atomic E-state index is 12.8. The van der Waals surface area contributed by atoms with Crippen molar-refractivity contribution < 1.29 is 18.7 Å². The number of ether oxygens (including phenoxy) is 2. The normalized spacial score (nSPS) is 10.6. The Labute approximate surface area is 133 Å². The third-order valence-electron chi connectivity index (χ3n) is 3.10. The van der Waals surface area contributed by atoms with E-state index >= 15 is 0 Å². The molecule has 0 saturated carbocycles. The highest BCUT2D eigenvalue weighted by Gasteiger charge is 2.07. The van der Waals surface area contributed by atoms with Gasteiger partial charge in [0.2, 0.25) is 5.91 Å². The summed E-state index contributed by atoms with van der Waals surface area (Å²) in [5, 5.41) is 3.91. The van der Waals surface area contributed by atoms with Crippen LogP contribution in [0, 0.1) is 5.82 Å². The fraction of sp³-hybridized carbons (Fsp3) is 0.176. The zero-order valence-electron chi connectivity index (χ0n) is 12.9. The molecule has 1 amide bonds. The molecule has 6 heteroatoms. The van der Waals surface area contributed by atoms with Gasteiger partial charge in [-0.05, 0) is 29.8 Å². The van der Waals surface area contributed by atoms with Crippen molar-refractivity contribution in [3.8, 4) is 11.5 Å². The number of nitrogens with zero attached hydrogens (tertiary/aromatic N) is 1. The number of halogens is 1. The fourth-order valence-corrected chi connectivity index (χ4v) is 2.01. The number of para-hydroxylation sites is 1. The Balaban J connectivity index is 1.98. The summed E-state index contributed by atoms with van der Waals surface area (Å²) in [5.74, 6) is 0.479. The first-order valence-corrected chi connectivity index (χ1v) is 6.91. The number of amides is 1. The second-order valence-electron chi connectivity index (χ2n) is 4.68. The van der Waals surface area contributed by atoms with Gasteiger partial charge in [0, 0.05) is 5.56 Å². The van der Waals surface area contributed by atoms with E-state index in [1.807, 2.05) is 0 Å². The molecular weight excluding hydrogens is 299 g/mol. The zero-order valence-corrected chi connectivity index (χ0v) is 12.9. The number of hydrogen-bond acceptors (Lipinski definition) is 4. The van der Waals surface area contributed by atoms with Gasteiger partial charge in [0.15, 0.2) is 11.5 Å². The molecule has 120 valence electrons. The van der Waals surface area contributed by atoms with Gasteiger partial charge in [-0.15, -0.1) is 0 Å². The molecule has 0 atom stereocenters. The Morgan fingerprint density at radius 2 is 1.91 bits per heavy atom. The molecule has 0 aliphatic heterocycles. The van der Waals surface area contributed by atoms with Gasteiger partial charge < -0.3 is 9.47 Å². The fourth-order valence-electron chi connectivity index (χ4n) is 2.01. The van der Waals surface area contributed by atoms with Gasteiger partial charge in [-0.2, -0.15) is 5.10 Å². The molecule has 2 aromatic carbocycles. The van der Waals surface area contributed by atoms with E-state index in [4.69, 9.17) is 9.47 Å². The van der Waals surface area contributed by atoms with E-state index in [-0.39, 0.29) is 18.1 Å². The topological polar surface area (TPSA) is 59.9 Å². The number of carbonyl (C=O) groups excluding carboxylic acids is 1. The summed E-state index contributed by atoms with van der Waals surface area (Å²) < 4.78 is 23.3. The van der Waals surface area contributed by atoms with Gasteiger partial charge in [-0.25, -0.2) is 9.82 Å². The Kier molecular flexibility index (Phi) is 5.68. The lowest BCUT2D eigenvalue weighted by Crippen LogP contribution is -2.19. The standard InChI is InChI=1S/C17H17FN2O3/c1-22-15-5-3-4-13(17(15)23-2)11-19-20-16(21)10-12-6-8-14(18)9-7-12/h3-9,11H,10H2,1-2H3,(H,20,21)/b19-11-. The van der Waals surface area contributed by atoms with Gasteiger partial charge in [0.05, 0.1) is 26.9 Å². The number of nitrogens with one attached hydrogen (secondary N) is 1. The van der Waals surface area contributed by atoms with Crippen LogP contribution in [-0.4, -0.2) is 26.3 Å². The van der Waals surface area contributed by atoms with Crippen molar-refractivity contribution in [2.45, 2.75) is 6.42 Å². The summed E-state index contributed by atoms with van der Waals surface area (Å²) in [6.45, 7) is 0. The number of rotatable bonds is 6. The summed E-state index contributed by atoms with van der Waals surface area (Å²) in [6.07, 6.45) is 1.59. The molecule has 0 saturated heterocycles. The molecule has 0 heterocycles. The Bertz CT molecular complexity index is 699. The predicted octanol–water partition coefficient (Wildman–Crippen LogP) is 2.54. The third-order valence-corrected chi connectivity index (χ3v) is 3.10. The summed E-state index contributed by atoms with van der Waals surface area (Å²) in [6, 6.07) is 11.1. The number of hydrogen-bond donors (Lipinski definition) is 1. The van der Waals surface area contributed by atoms with E-state index < -0.39 is 0 Å². The van der Waals surface area contributed by atoms with Crippen LogP contribution >= 0.6 is 0 Å². The number of methoxy groups -OCH3 is 2. The van der Waals surface area contributed by atoms with Crippen molar-refractivity contribution in [3.05, 3.63) is 59.4 Å². The van der Waals surface area contributed by atoms with Crippen LogP contribution in [0.4, 0.5) is 4.39 Å². The molecule has 23 heavy (non-hydrogen) atoms. The highest BCUT2D eigenvalue weighted by molar-refractivity contribution is 5.86. The maximum Gasteiger partial charge on any atom is 0.244 e. The van der Waals surface area contributed by atoms with Crippen LogP contribution in [0.3, 0.4) is 0 Å². The first kappa shape index (κ1) is 16.5. The average Bonchev–Trinajstić information content (AvgIpc) is 2.56. The van der Waals surface area contributed by atoms with Gasteiger partial charge in [-0.3, -0.25) is 4.79 Å². The average molecular weight is 316 g/mol. The number of hydrazone groups is 1. The first-order chi connectivity index (χ1) is 11.1. The molecule has 0 aliphatic carbocycles. The molecule has 0 unspecified atom stereocenters. The van der Waals surface area contributed by atoms with Crippen LogP contribution in [0.1, 0.15) is 11.1 Å². The van der Waals surface area contributed by atoms with E-state index in [0.29, 0.717) is 22.6 Å². The summed E-state index contributed by atoms with van der Waals surface area (Å²) >= 11 is 0. The van der Waals surface area contributed by atoms with Crippen LogP contribution < -0.4 is 14.9 Å². The van der Waals surface area contributed by atoms with E-state index in [2.05, 4.69) is 10.5 Å². The van der Waals surface area contributed by atoms with Gasteiger partial charge >= 0.3 is 0 Å². The lowest BCUT2D eigenvalue weighted by Gasteiger charge is -2.09. The van der Waals surface area contributed by atoms with Crippen LogP contribution in [0.15, 0.2) is 47.6 Å². The van der Waals surface area contributed by atoms with E-state index in [1.54, 1.807) is 37.4 Å². The molecule has 0 fully saturated rings. The maximum absolute atomic E-state index is 12.8. The highest BCUT2D eigenvalue weighted by Crippen LogP contribution is 2.29. The van der Waals surface area contributed by atoms with Gasteiger partial charge in [0.25, 0.3) is 0 Å². The molecular formula is C17H17FN2O3. The molecule has 1 N–H and O–H groups in total. The molecule has 0 bridgehead atoms. The molecule has 2 rings (SSSR count). The molecule has 5 nitrogen and oxygen atoms in total. The van der Waals surface area contributed by atoms with Gasteiger partial charge in [0.1, 0.15) is 5.82 Å². The smallest absolute Gasteiger partial charge is 0.244 e. The molecule has 0 aromatic heterocycles. The molecule has 0 aliphatic rings. The number of benzene rings is 2. The lowest BCUT2D eigenvalue weighted by molar-refractivity contribution is -0.120. The molecule has 0 spiro atoms.